The number of anilines is 1. The summed E-state index contributed by atoms with van der Waals surface area (Å²) in [7, 11) is 0. The van der Waals surface area contributed by atoms with Crippen LogP contribution in [0.2, 0.25) is 0 Å². The molecule has 1 amide bonds. The van der Waals surface area contributed by atoms with Crippen LogP contribution in [0.15, 0.2) is 24.3 Å². The normalized spacial score (nSPS) is 15.6. The highest BCUT2D eigenvalue weighted by Crippen LogP contribution is 2.16. The number of nitrogens with one attached hydrogen (secondary N) is 1. The van der Waals surface area contributed by atoms with Crippen LogP contribution in [-0.2, 0) is 4.79 Å². The molecule has 0 saturated carbocycles. The number of carbonyl (C=O) groups is 2. The number of amides is 1. The van der Waals surface area contributed by atoms with E-state index in [1.54, 1.807) is 6.07 Å². The molecule has 4 heteroatoms. The van der Waals surface area contributed by atoms with Gasteiger partial charge in [0.15, 0.2) is 5.78 Å². The van der Waals surface area contributed by atoms with Crippen molar-refractivity contribution in [1.82, 2.24) is 4.90 Å². The minimum Gasteiger partial charge on any atom is -0.376 e. The van der Waals surface area contributed by atoms with Crippen molar-refractivity contribution in [1.29, 1.82) is 0 Å². The first kappa shape index (κ1) is 14.6. The van der Waals surface area contributed by atoms with Crippen molar-refractivity contribution in [2.75, 3.05) is 25.0 Å². The lowest BCUT2D eigenvalue weighted by atomic mass is 10.1. The SMILES string of the molecule is CC(=O)c1ccccc1NCC(=O)N1CCCCCC1. The summed E-state index contributed by atoms with van der Waals surface area (Å²) in [5, 5.41) is 3.10. The molecule has 1 N–H and O–H groups in total. The van der Waals surface area contributed by atoms with E-state index in [0.29, 0.717) is 5.56 Å². The standard InChI is InChI=1S/C16H22N2O2/c1-13(19)14-8-4-5-9-15(14)17-12-16(20)18-10-6-2-3-7-11-18/h4-5,8-9,17H,2-3,6-7,10-12H2,1H3. The number of hydrogen-bond acceptors (Lipinski definition) is 3. The van der Waals surface area contributed by atoms with E-state index in [-0.39, 0.29) is 18.2 Å². The Hall–Kier alpha value is -1.84. The number of carbonyl (C=O) groups excluding carboxylic acids is 2. The minimum absolute atomic E-state index is 0.00956. The molecule has 1 fully saturated rings. The van der Waals surface area contributed by atoms with Gasteiger partial charge >= 0.3 is 0 Å². The lowest BCUT2D eigenvalue weighted by Gasteiger charge is -2.21. The van der Waals surface area contributed by atoms with Gasteiger partial charge in [-0.3, -0.25) is 9.59 Å². The molecule has 1 saturated heterocycles. The fraction of sp³-hybridized carbons (Fsp3) is 0.500. The molecular weight excluding hydrogens is 252 g/mol. The monoisotopic (exact) mass is 274 g/mol. The van der Waals surface area contributed by atoms with Crippen LogP contribution in [0.5, 0.6) is 0 Å². The number of nitrogens with zero attached hydrogens (tertiary/aromatic N) is 1. The zero-order valence-corrected chi connectivity index (χ0v) is 12.0. The second-order valence-corrected chi connectivity index (χ2v) is 5.25. The first-order valence-corrected chi connectivity index (χ1v) is 7.30. The fourth-order valence-corrected chi connectivity index (χ4v) is 2.55. The summed E-state index contributed by atoms with van der Waals surface area (Å²) in [6.07, 6.45) is 4.61. The van der Waals surface area contributed by atoms with Gasteiger partial charge < -0.3 is 10.2 Å². The van der Waals surface area contributed by atoms with Gasteiger partial charge in [0.05, 0.1) is 6.54 Å². The molecule has 1 aromatic rings. The maximum atomic E-state index is 12.2. The molecule has 0 bridgehead atoms. The number of para-hydroxylation sites is 1. The number of likely N-dealkylation sites (tertiary alicyclic amines) is 1. The van der Waals surface area contributed by atoms with Gasteiger partial charge in [0, 0.05) is 24.3 Å². The molecule has 1 aliphatic rings. The van der Waals surface area contributed by atoms with Gasteiger partial charge in [0.2, 0.25) is 5.91 Å². The highest BCUT2D eigenvalue weighted by Gasteiger charge is 2.15. The number of Topliss-reactive ketones (excluding diaryl/α,β-unsaturated/α-hetero) is 1. The maximum Gasteiger partial charge on any atom is 0.241 e. The lowest BCUT2D eigenvalue weighted by Crippen LogP contribution is -2.36. The van der Waals surface area contributed by atoms with Gasteiger partial charge in [-0.2, -0.15) is 0 Å². The molecule has 0 spiro atoms. The molecule has 0 aliphatic carbocycles. The fourth-order valence-electron chi connectivity index (χ4n) is 2.55. The molecule has 0 aromatic heterocycles. The molecule has 0 unspecified atom stereocenters. The van der Waals surface area contributed by atoms with Crippen LogP contribution < -0.4 is 5.32 Å². The number of hydrogen-bond donors (Lipinski definition) is 1. The van der Waals surface area contributed by atoms with E-state index in [1.807, 2.05) is 23.1 Å². The van der Waals surface area contributed by atoms with Crippen LogP contribution in [0.1, 0.15) is 43.0 Å². The van der Waals surface area contributed by atoms with Gasteiger partial charge in [0.1, 0.15) is 0 Å². The van der Waals surface area contributed by atoms with Crippen LogP contribution in [0.3, 0.4) is 0 Å². The Balaban J connectivity index is 1.94. The molecule has 0 radical (unpaired) electrons. The summed E-state index contributed by atoms with van der Waals surface area (Å²) in [5.41, 5.74) is 1.37. The molecule has 108 valence electrons. The van der Waals surface area contributed by atoms with E-state index in [2.05, 4.69) is 5.32 Å². The Bertz CT molecular complexity index is 477. The van der Waals surface area contributed by atoms with Crippen molar-refractivity contribution >= 4 is 17.4 Å². The third-order valence-corrected chi connectivity index (χ3v) is 3.70. The van der Waals surface area contributed by atoms with Crippen LogP contribution in [0, 0.1) is 0 Å². The Morgan fingerprint density at radius 2 is 1.75 bits per heavy atom. The quantitative estimate of drug-likeness (QED) is 0.859. The minimum atomic E-state index is 0.00956. The third kappa shape index (κ3) is 3.83. The van der Waals surface area contributed by atoms with Crippen molar-refractivity contribution in [2.45, 2.75) is 32.6 Å². The first-order valence-electron chi connectivity index (χ1n) is 7.30. The predicted octanol–water partition coefficient (Wildman–Crippen LogP) is 2.70. The van der Waals surface area contributed by atoms with Gasteiger partial charge in [-0.1, -0.05) is 25.0 Å². The smallest absolute Gasteiger partial charge is 0.241 e. The zero-order valence-electron chi connectivity index (χ0n) is 12.0. The summed E-state index contributed by atoms with van der Waals surface area (Å²) in [6.45, 7) is 3.51. The van der Waals surface area contributed by atoms with Crippen molar-refractivity contribution in [3.05, 3.63) is 29.8 Å². The second-order valence-electron chi connectivity index (χ2n) is 5.25. The van der Waals surface area contributed by atoms with E-state index >= 15 is 0 Å². The van der Waals surface area contributed by atoms with Crippen molar-refractivity contribution in [3.63, 3.8) is 0 Å². The van der Waals surface area contributed by atoms with Crippen LogP contribution in [-0.4, -0.2) is 36.2 Å². The highest BCUT2D eigenvalue weighted by molar-refractivity contribution is 6.00. The van der Waals surface area contributed by atoms with Crippen LogP contribution >= 0.6 is 0 Å². The molecule has 1 aliphatic heterocycles. The van der Waals surface area contributed by atoms with Crippen LogP contribution in [0.4, 0.5) is 5.69 Å². The number of rotatable bonds is 4. The van der Waals surface area contributed by atoms with Gasteiger partial charge in [0.25, 0.3) is 0 Å². The Morgan fingerprint density at radius 1 is 1.10 bits per heavy atom. The largest absolute Gasteiger partial charge is 0.376 e. The maximum absolute atomic E-state index is 12.2. The average Bonchev–Trinajstić information content (AvgIpc) is 2.74. The highest BCUT2D eigenvalue weighted by atomic mass is 16.2. The Labute approximate surface area is 120 Å². The van der Waals surface area contributed by atoms with Crippen molar-refractivity contribution < 1.29 is 9.59 Å². The van der Waals surface area contributed by atoms with E-state index < -0.39 is 0 Å². The number of ketones is 1. The van der Waals surface area contributed by atoms with Crippen LogP contribution in [0.25, 0.3) is 0 Å². The molecular formula is C16H22N2O2. The lowest BCUT2D eigenvalue weighted by molar-refractivity contribution is -0.129. The Morgan fingerprint density at radius 3 is 2.40 bits per heavy atom. The van der Waals surface area contributed by atoms with E-state index in [0.717, 1.165) is 31.6 Å². The van der Waals surface area contributed by atoms with Gasteiger partial charge in [-0.15, -0.1) is 0 Å². The molecule has 4 nitrogen and oxygen atoms in total. The molecule has 20 heavy (non-hydrogen) atoms. The first-order chi connectivity index (χ1) is 9.68. The summed E-state index contributed by atoms with van der Waals surface area (Å²) < 4.78 is 0. The van der Waals surface area contributed by atoms with Crippen molar-refractivity contribution in [3.8, 4) is 0 Å². The van der Waals surface area contributed by atoms with Gasteiger partial charge in [-0.05, 0) is 31.9 Å². The van der Waals surface area contributed by atoms with Gasteiger partial charge in [-0.25, -0.2) is 0 Å². The Kier molecular flexibility index (Phi) is 5.16. The van der Waals surface area contributed by atoms with E-state index in [9.17, 15) is 9.59 Å². The summed E-state index contributed by atoms with van der Waals surface area (Å²) in [6, 6.07) is 7.32. The third-order valence-electron chi connectivity index (χ3n) is 3.70. The molecule has 1 heterocycles. The van der Waals surface area contributed by atoms with E-state index in [1.165, 1.54) is 19.8 Å². The molecule has 1 aromatic carbocycles. The summed E-state index contributed by atoms with van der Waals surface area (Å²) in [4.78, 5) is 25.6. The average molecular weight is 274 g/mol. The predicted molar refractivity (Wildman–Crippen MR) is 80.0 cm³/mol. The zero-order chi connectivity index (χ0) is 14.4. The molecule has 0 atom stereocenters. The molecule has 2 rings (SSSR count). The topological polar surface area (TPSA) is 49.4 Å². The summed E-state index contributed by atoms with van der Waals surface area (Å²) in [5.74, 6) is 0.126. The number of benzene rings is 1. The van der Waals surface area contributed by atoms with Crippen molar-refractivity contribution in [2.24, 2.45) is 0 Å². The second kappa shape index (κ2) is 7.08. The summed E-state index contributed by atoms with van der Waals surface area (Å²) >= 11 is 0. The van der Waals surface area contributed by atoms with E-state index in [4.69, 9.17) is 0 Å².